The van der Waals surface area contributed by atoms with Gasteiger partial charge in [0.2, 0.25) is 21.9 Å². The highest BCUT2D eigenvalue weighted by Crippen LogP contribution is 2.27. The van der Waals surface area contributed by atoms with Crippen molar-refractivity contribution in [1.29, 1.82) is 0 Å². The first kappa shape index (κ1) is 19.8. The van der Waals surface area contributed by atoms with Gasteiger partial charge in [-0.2, -0.15) is 15.0 Å². The van der Waals surface area contributed by atoms with Gasteiger partial charge in [-0.25, -0.2) is 13.1 Å². The molecule has 10 heteroatoms. The Morgan fingerprint density at radius 3 is 2.69 bits per heavy atom. The number of nitrogens with one attached hydrogen (secondary N) is 1. The molecule has 29 heavy (non-hydrogen) atoms. The first-order chi connectivity index (χ1) is 13.9. The zero-order valence-corrected chi connectivity index (χ0v) is 17.6. The van der Waals surface area contributed by atoms with Gasteiger partial charge in [0.25, 0.3) is 0 Å². The van der Waals surface area contributed by atoms with Crippen LogP contribution < -0.4 is 19.3 Å². The predicted molar refractivity (Wildman–Crippen MR) is 110 cm³/mol. The van der Waals surface area contributed by atoms with Crippen LogP contribution in [0.2, 0.25) is 0 Å². The summed E-state index contributed by atoms with van der Waals surface area (Å²) in [4.78, 5) is 17.6. The number of hydrogen-bond donors (Lipinski definition) is 1. The smallest absolute Gasteiger partial charge is 0.240 e. The highest BCUT2D eigenvalue weighted by molar-refractivity contribution is 7.89. The predicted octanol–water partition coefficient (Wildman–Crippen LogP) is 1.34. The third-order valence-corrected chi connectivity index (χ3v) is 6.49. The van der Waals surface area contributed by atoms with Crippen LogP contribution in [0.1, 0.15) is 30.7 Å². The second kappa shape index (κ2) is 8.11. The van der Waals surface area contributed by atoms with Gasteiger partial charge < -0.3 is 14.5 Å². The topological polar surface area (TPSA) is 101 Å². The van der Waals surface area contributed by atoms with Crippen molar-refractivity contribution in [2.75, 3.05) is 43.6 Å². The summed E-state index contributed by atoms with van der Waals surface area (Å²) in [6, 6.07) is 4.94. The van der Waals surface area contributed by atoms with Gasteiger partial charge in [-0.15, -0.1) is 0 Å². The summed E-state index contributed by atoms with van der Waals surface area (Å²) in [5.41, 5.74) is 0.912. The summed E-state index contributed by atoms with van der Waals surface area (Å²) < 4.78 is 33.6. The lowest BCUT2D eigenvalue weighted by Crippen LogP contribution is -2.33. The molecule has 1 N–H and O–H groups in total. The molecule has 0 spiro atoms. The fourth-order valence-electron chi connectivity index (χ4n) is 3.48. The Morgan fingerprint density at radius 2 is 1.93 bits per heavy atom. The van der Waals surface area contributed by atoms with Crippen LogP contribution in [-0.2, 0) is 23.0 Å². The van der Waals surface area contributed by atoms with E-state index in [0.29, 0.717) is 24.3 Å². The summed E-state index contributed by atoms with van der Waals surface area (Å²) in [6.45, 7) is 2.39. The molecule has 3 heterocycles. The highest BCUT2D eigenvalue weighted by Gasteiger charge is 2.21. The van der Waals surface area contributed by atoms with Crippen molar-refractivity contribution in [3.05, 3.63) is 29.6 Å². The third-order valence-electron chi connectivity index (χ3n) is 5.09. The Kier molecular flexibility index (Phi) is 5.55. The van der Waals surface area contributed by atoms with Crippen molar-refractivity contribution in [3.63, 3.8) is 0 Å². The van der Waals surface area contributed by atoms with Gasteiger partial charge in [0, 0.05) is 33.6 Å². The Morgan fingerprint density at radius 1 is 1.14 bits per heavy atom. The molecule has 4 rings (SSSR count). The third kappa shape index (κ3) is 4.43. The second-order valence-corrected chi connectivity index (χ2v) is 9.25. The zero-order valence-electron chi connectivity index (χ0n) is 16.8. The van der Waals surface area contributed by atoms with E-state index in [-0.39, 0.29) is 11.4 Å². The molecule has 0 amide bonds. The van der Waals surface area contributed by atoms with Crippen molar-refractivity contribution in [3.8, 4) is 5.75 Å². The van der Waals surface area contributed by atoms with Crippen molar-refractivity contribution in [1.82, 2.24) is 19.7 Å². The van der Waals surface area contributed by atoms with Crippen molar-refractivity contribution in [2.45, 2.75) is 37.1 Å². The number of piperidine rings is 1. The van der Waals surface area contributed by atoms with Crippen molar-refractivity contribution >= 4 is 21.9 Å². The lowest BCUT2D eigenvalue weighted by atomic mass is 10.1. The molecule has 2 aromatic rings. The molecule has 1 fully saturated rings. The van der Waals surface area contributed by atoms with E-state index in [0.717, 1.165) is 43.7 Å². The molecule has 1 aromatic carbocycles. The van der Waals surface area contributed by atoms with Crippen molar-refractivity contribution < 1.29 is 13.2 Å². The van der Waals surface area contributed by atoms with Crippen LogP contribution in [0.5, 0.6) is 5.75 Å². The number of sulfonamides is 1. The molecule has 0 unspecified atom stereocenters. The van der Waals surface area contributed by atoms with Crippen LogP contribution in [0.3, 0.4) is 0 Å². The van der Waals surface area contributed by atoms with E-state index in [9.17, 15) is 8.42 Å². The number of ether oxygens (including phenoxy) is 1. The molecule has 1 saturated heterocycles. The Labute approximate surface area is 171 Å². The SMILES string of the molecule is CN(C)c1nc(CNS(=O)(=O)c2ccc3c(c2)CCO3)nc(N2CCCCC2)n1. The molecule has 156 valence electrons. The average molecular weight is 419 g/mol. The minimum Gasteiger partial charge on any atom is -0.493 e. The Balaban J connectivity index is 1.54. The van der Waals surface area contributed by atoms with Gasteiger partial charge in [-0.05, 0) is 43.0 Å². The molecule has 0 saturated carbocycles. The monoisotopic (exact) mass is 418 g/mol. The summed E-state index contributed by atoms with van der Waals surface area (Å²) in [6.07, 6.45) is 4.14. The number of anilines is 2. The van der Waals surface area contributed by atoms with Gasteiger partial charge in [0.1, 0.15) is 5.75 Å². The minimum atomic E-state index is -3.68. The maximum absolute atomic E-state index is 12.8. The normalized spacial score (nSPS) is 16.4. The summed E-state index contributed by atoms with van der Waals surface area (Å²) >= 11 is 0. The number of hydrogen-bond acceptors (Lipinski definition) is 8. The van der Waals surface area contributed by atoms with Gasteiger partial charge in [0.05, 0.1) is 18.0 Å². The maximum atomic E-state index is 12.8. The van der Waals surface area contributed by atoms with Gasteiger partial charge in [-0.3, -0.25) is 0 Å². The maximum Gasteiger partial charge on any atom is 0.240 e. The summed E-state index contributed by atoms with van der Waals surface area (Å²) in [5.74, 6) is 2.28. The first-order valence-corrected chi connectivity index (χ1v) is 11.3. The first-order valence-electron chi connectivity index (χ1n) is 9.85. The minimum absolute atomic E-state index is 0.000117. The fraction of sp³-hybridized carbons (Fsp3) is 0.526. The summed E-state index contributed by atoms with van der Waals surface area (Å²) in [5, 5.41) is 0. The van der Waals surface area contributed by atoms with E-state index in [1.807, 2.05) is 14.1 Å². The van der Waals surface area contributed by atoms with Crippen molar-refractivity contribution in [2.24, 2.45) is 0 Å². The molecular weight excluding hydrogens is 392 g/mol. The van der Waals surface area contributed by atoms with Crippen LogP contribution in [-0.4, -0.2) is 57.2 Å². The number of fused-ring (bicyclic) bond motifs is 1. The number of nitrogens with zero attached hydrogens (tertiary/aromatic N) is 5. The average Bonchev–Trinajstić information content (AvgIpc) is 3.21. The van der Waals surface area contributed by atoms with Gasteiger partial charge >= 0.3 is 0 Å². The van der Waals surface area contributed by atoms with Crippen LogP contribution in [0.25, 0.3) is 0 Å². The van der Waals surface area contributed by atoms with Crippen LogP contribution >= 0.6 is 0 Å². The molecule has 2 aliphatic heterocycles. The standard InChI is InChI=1S/C19H26N6O3S/c1-24(2)18-21-17(22-19(23-18)25-9-4-3-5-10-25)13-20-29(26,27)15-6-7-16-14(12-15)8-11-28-16/h6-7,12,20H,3-5,8-11,13H2,1-2H3. The molecule has 9 nitrogen and oxygen atoms in total. The van der Waals surface area contributed by atoms with Gasteiger partial charge in [-0.1, -0.05) is 0 Å². The molecule has 2 aliphatic rings. The van der Waals surface area contributed by atoms with E-state index < -0.39 is 10.0 Å². The van der Waals surface area contributed by atoms with E-state index in [1.54, 1.807) is 23.1 Å². The number of benzene rings is 1. The molecule has 0 bridgehead atoms. The molecular formula is C19H26N6O3S. The number of aromatic nitrogens is 3. The van der Waals surface area contributed by atoms with E-state index in [4.69, 9.17) is 4.74 Å². The van der Waals surface area contributed by atoms with Crippen LogP contribution in [0.4, 0.5) is 11.9 Å². The molecule has 0 aliphatic carbocycles. The molecule has 0 atom stereocenters. The molecule has 1 aromatic heterocycles. The Bertz CT molecular complexity index is 989. The Hall–Kier alpha value is -2.46. The highest BCUT2D eigenvalue weighted by atomic mass is 32.2. The number of rotatable bonds is 6. The van der Waals surface area contributed by atoms with Crippen LogP contribution in [0.15, 0.2) is 23.1 Å². The lowest BCUT2D eigenvalue weighted by molar-refractivity contribution is 0.356. The summed E-state index contributed by atoms with van der Waals surface area (Å²) in [7, 11) is 0.0300. The van der Waals surface area contributed by atoms with Crippen LogP contribution in [0, 0.1) is 0 Å². The quantitative estimate of drug-likeness (QED) is 0.750. The second-order valence-electron chi connectivity index (χ2n) is 7.49. The lowest BCUT2D eigenvalue weighted by Gasteiger charge is -2.27. The largest absolute Gasteiger partial charge is 0.493 e. The fourth-order valence-corrected chi connectivity index (χ4v) is 4.51. The van der Waals surface area contributed by atoms with Gasteiger partial charge in [0.15, 0.2) is 5.82 Å². The van der Waals surface area contributed by atoms with E-state index >= 15 is 0 Å². The molecule has 0 radical (unpaired) electrons. The van der Waals surface area contributed by atoms with E-state index in [2.05, 4.69) is 24.6 Å². The van der Waals surface area contributed by atoms with E-state index in [1.165, 1.54) is 6.42 Å². The zero-order chi connectivity index (χ0) is 20.4.